The predicted octanol–water partition coefficient (Wildman–Crippen LogP) is 5.68. The summed E-state index contributed by atoms with van der Waals surface area (Å²) in [6, 6.07) is 5.62. The van der Waals surface area contributed by atoms with Crippen molar-refractivity contribution in [2.45, 2.75) is 61.8 Å². The summed E-state index contributed by atoms with van der Waals surface area (Å²) in [5.74, 6) is -0.584. The highest BCUT2D eigenvalue weighted by Crippen LogP contribution is 2.29. The molecule has 0 saturated carbocycles. The molecule has 27 heavy (non-hydrogen) atoms. The third kappa shape index (κ3) is 10.9. The highest BCUT2D eigenvalue weighted by atomic mass is 35.6. The van der Waals surface area contributed by atoms with E-state index in [4.69, 9.17) is 47.0 Å². The summed E-state index contributed by atoms with van der Waals surface area (Å²) < 4.78 is 11.1. The highest BCUT2D eigenvalue weighted by molar-refractivity contribution is 7.80. The van der Waals surface area contributed by atoms with E-state index in [1.807, 2.05) is 0 Å². The standard InChI is InChI=1S/C18H25Cl3FN3OS/c1-2-3-4-5-6-7-8-15(26)24-16(18(19,20)21)25-17(27)23-14-11-9-13(22)10-12-14/h9-12,16H,2-8H2,1H3,(H,24,26)(H2,23,25,27)/t16-/m0/s1. The smallest absolute Gasteiger partial charge is 0.228 e. The zero-order valence-electron chi connectivity index (χ0n) is 15.2. The molecule has 3 N–H and O–H groups in total. The first-order chi connectivity index (χ1) is 12.7. The van der Waals surface area contributed by atoms with Gasteiger partial charge in [0.05, 0.1) is 0 Å². The topological polar surface area (TPSA) is 53.2 Å². The van der Waals surface area contributed by atoms with Crippen LogP contribution in [0, 0.1) is 5.82 Å². The quantitative estimate of drug-likeness (QED) is 0.184. The molecular formula is C18H25Cl3FN3OS. The van der Waals surface area contributed by atoms with E-state index < -0.39 is 9.96 Å². The van der Waals surface area contributed by atoms with Crippen molar-refractivity contribution in [2.24, 2.45) is 0 Å². The van der Waals surface area contributed by atoms with Crippen LogP contribution in [-0.4, -0.2) is 21.0 Å². The lowest BCUT2D eigenvalue weighted by atomic mass is 10.1. The Bertz CT molecular complexity index is 597. The molecule has 1 aromatic rings. The molecule has 1 atom stereocenters. The molecule has 1 rings (SSSR count). The summed E-state index contributed by atoms with van der Waals surface area (Å²) in [6.07, 6.45) is 5.80. The van der Waals surface area contributed by atoms with Gasteiger partial charge in [-0.15, -0.1) is 0 Å². The number of carbonyl (C=O) groups is 1. The Kier molecular flexibility index (Phi) is 11.3. The molecule has 1 amide bonds. The van der Waals surface area contributed by atoms with E-state index >= 15 is 0 Å². The zero-order valence-corrected chi connectivity index (χ0v) is 18.2. The molecule has 0 fully saturated rings. The van der Waals surface area contributed by atoms with Crippen LogP contribution in [0.2, 0.25) is 0 Å². The van der Waals surface area contributed by atoms with Gasteiger partial charge in [0, 0.05) is 12.1 Å². The second-order valence-corrected chi connectivity index (χ2v) is 8.94. The molecule has 0 aliphatic carbocycles. The van der Waals surface area contributed by atoms with Crippen molar-refractivity contribution in [3.63, 3.8) is 0 Å². The normalized spacial score (nSPS) is 12.3. The lowest BCUT2D eigenvalue weighted by Gasteiger charge is -2.27. The first-order valence-electron chi connectivity index (χ1n) is 8.91. The Labute approximate surface area is 180 Å². The average Bonchev–Trinajstić information content (AvgIpc) is 2.58. The molecule has 0 unspecified atom stereocenters. The van der Waals surface area contributed by atoms with E-state index in [1.165, 1.54) is 43.5 Å². The number of amides is 1. The third-order valence-electron chi connectivity index (χ3n) is 3.77. The second-order valence-electron chi connectivity index (χ2n) is 6.17. The molecule has 4 nitrogen and oxygen atoms in total. The van der Waals surface area contributed by atoms with Crippen LogP contribution in [0.15, 0.2) is 24.3 Å². The fraction of sp³-hybridized carbons (Fsp3) is 0.556. The summed E-state index contributed by atoms with van der Waals surface area (Å²) in [5.41, 5.74) is 0.565. The summed E-state index contributed by atoms with van der Waals surface area (Å²) in [5, 5.41) is 8.40. The Morgan fingerprint density at radius 1 is 1.07 bits per heavy atom. The van der Waals surface area contributed by atoms with Crippen LogP contribution in [0.25, 0.3) is 0 Å². The monoisotopic (exact) mass is 455 g/mol. The first kappa shape index (κ1) is 24.2. The van der Waals surface area contributed by atoms with Gasteiger partial charge >= 0.3 is 0 Å². The van der Waals surface area contributed by atoms with Crippen molar-refractivity contribution in [3.05, 3.63) is 30.1 Å². The van der Waals surface area contributed by atoms with Crippen LogP contribution in [-0.2, 0) is 4.79 Å². The van der Waals surface area contributed by atoms with Crippen LogP contribution in [0.4, 0.5) is 10.1 Å². The number of carbonyl (C=O) groups excluding carboxylic acids is 1. The van der Waals surface area contributed by atoms with Gasteiger partial charge in [0.1, 0.15) is 12.0 Å². The fourth-order valence-corrected chi connectivity index (χ4v) is 2.89. The van der Waals surface area contributed by atoms with Gasteiger partial charge in [-0.25, -0.2) is 4.39 Å². The number of alkyl halides is 3. The number of thiocarbonyl (C=S) groups is 1. The minimum atomic E-state index is -1.80. The molecule has 0 spiro atoms. The van der Waals surface area contributed by atoms with Gasteiger partial charge in [-0.3, -0.25) is 4.79 Å². The largest absolute Gasteiger partial charge is 0.339 e. The van der Waals surface area contributed by atoms with Gasteiger partial charge < -0.3 is 16.0 Å². The molecular weight excluding hydrogens is 432 g/mol. The van der Waals surface area contributed by atoms with Gasteiger partial charge in [-0.2, -0.15) is 0 Å². The maximum Gasteiger partial charge on any atom is 0.228 e. The number of nitrogens with one attached hydrogen (secondary N) is 3. The van der Waals surface area contributed by atoms with Crippen LogP contribution < -0.4 is 16.0 Å². The SMILES string of the molecule is CCCCCCCCC(=O)N[C@@H](NC(=S)Nc1ccc(F)cc1)C(Cl)(Cl)Cl. The molecule has 0 saturated heterocycles. The molecule has 0 aliphatic heterocycles. The van der Waals surface area contributed by atoms with Crippen molar-refractivity contribution in [3.8, 4) is 0 Å². The van der Waals surface area contributed by atoms with Crippen LogP contribution in [0.5, 0.6) is 0 Å². The second kappa shape index (κ2) is 12.6. The van der Waals surface area contributed by atoms with Crippen molar-refractivity contribution >= 4 is 63.7 Å². The molecule has 152 valence electrons. The van der Waals surface area contributed by atoms with E-state index in [2.05, 4.69) is 22.9 Å². The molecule has 0 aromatic heterocycles. The summed E-state index contributed by atoms with van der Waals surface area (Å²) in [4.78, 5) is 12.1. The highest BCUT2D eigenvalue weighted by Gasteiger charge is 2.34. The van der Waals surface area contributed by atoms with E-state index in [1.54, 1.807) is 0 Å². The van der Waals surface area contributed by atoms with Gasteiger partial charge in [-0.1, -0.05) is 73.8 Å². The number of rotatable bonds is 10. The summed E-state index contributed by atoms with van der Waals surface area (Å²) in [6.45, 7) is 2.16. The van der Waals surface area contributed by atoms with Crippen LogP contribution in [0.3, 0.4) is 0 Å². The van der Waals surface area contributed by atoms with Crippen LogP contribution >= 0.6 is 47.0 Å². The lowest BCUT2D eigenvalue weighted by Crippen LogP contribution is -2.56. The molecule has 0 heterocycles. The summed E-state index contributed by atoms with van der Waals surface area (Å²) in [7, 11) is 0. The first-order valence-corrected chi connectivity index (χ1v) is 10.5. The number of hydrogen-bond donors (Lipinski definition) is 3. The van der Waals surface area contributed by atoms with Crippen molar-refractivity contribution < 1.29 is 9.18 Å². The maximum atomic E-state index is 12.9. The number of unbranched alkanes of at least 4 members (excludes halogenated alkanes) is 5. The number of hydrogen-bond acceptors (Lipinski definition) is 2. The molecule has 0 bridgehead atoms. The van der Waals surface area contributed by atoms with E-state index in [-0.39, 0.29) is 16.8 Å². The number of anilines is 1. The molecule has 0 aliphatic rings. The Balaban J connectivity index is 2.46. The minimum absolute atomic E-state index is 0.137. The van der Waals surface area contributed by atoms with E-state index in [0.29, 0.717) is 12.1 Å². The Morgan fingerprint density at radius 2 is 1.67 bits per heavy atom. The zero-order chi connectivity index (χ0) is 20.3. The van der Waals surface area contributed by atoms with Crippen molar-refractivity contribution in [2.75, 3.05) is 5.32 Å². The van der Waals surface area contributed by atoms with Crippen LogP contribution in [0.1, 0.15) is 51.9 Å². The number of halogens is 4. The van der Waals surface area contributed by atoms with Gasteiger partial charge in [0.2, 0.25) is 9.70 Å². The van der Waals surface area contributed by atoms with Crippen molar-refractivity contribution in [1.82, 2.24) is 10.6 Å². The van der Waals surface area contributed by atoms with Gasteiger partial charge in [-0.05, 0) is 42.9 Å². The van der Waals surface area contributed by atoms with Gasteiger partial charge in [0.25, 0.3) is 0 Å². The Hall–Kier alpha value is -0.820. The third-order valence-corrected chi connectivity index (χ3v) is 4.64. The number of benzene rings is 1. The minimum Gasteiger partial charge on any atom is -0.339 e. The summed E-state index contributed by atoms with van der Waals surface area (Å²) >= 11 is 23.0. The van der Waals surface area contributed by atoms with E-state index in [0.717, 1.165) is 19.3 Å². The maximum absolute atomic E-state index is 12.9. The lowest BCUT2D eigenvalue weighted by molar-refractivity contribution is -0.122. The fourth-order valence-electron chi connectivity index (χ4n) is 2.33. The molecule has 1 aromatic carbocycles. The van der Waals surface area contributed by atoms with Crippen molar-refractivity contribution in [1.29, 1.82) is 0 Å². The van der Waals surface area contributed by atoms with Gasteiger partial charge in [0.15, 0.2) is 5.11 Å². The molecule has 9 heteroatoms. The Morgan fingerprint density at radius 3 is 2.26 bits per heavy atom. The average molecular weight is 457 g/mol. The predicted molar refractivity (Wildman–Crippen MR) is 116 cm³/mol. The molecule has 0 radical (unpaired) electrons. The van der Waals surface area contributed by atoms with E-state index in [9.17, 15) is 9.18 Å².